The molecule has 1 aromatic heterocycles. The highest BCUT2D eigenvalue weighted by Crippen LogP contribution is 2.31. The van der Waals surface area contributed by atoms with Gasteiger partial charge in [0.1, 0.15) is 5.69 Å². The van der Waals surface area contributed by atoms with Gasteiger partial charge in [0.25, 0.3) is 0 Å². The molecule has 0 unspecified atom stereocenters. The number of piperidine rings is 1. The Morgan fingerprint density at radius 3 is 2.57 bits per heavy atom. The van der Waals surface area contributed by atoms with Crippen molar-refractivity contribution in [3.63, 3.8) is 0 Å². The van der Waals surface area contributed by atoms with E-state index in [2.05, 4.69) is 21.8 Å². The lowest BCUT2D eigenvalue weighted by Crippen LogP contribution is -2.43. The number of nitrogen functional groups attached to an aromatic ring is 1. The molecule has 0 aliphatic carbocycles. The Labute approximate surface area is 124 Å². The van der Waals surface area contributed by atoms with Crippen LogP contribution in [0, 0.1) is 17.0 Å². The minimum atomic E-state index is -0.429. The summed E-state index contributed by atoms with van der Waals surface area (Å²) in [7, 11) is 1.85. The van der Waals surface area contributed by atoms with Crippen LogP contribution >= 0.6 is 0 Å². The summed E-state index contributed by atoms with van der Waals surface area (Å²) in [5.41, 5.74) is 5.91. The first-order valence-electron chi connectivity index (χ1n) is 7.17. The van der Waals surface area contributed by atoms with Gasteiger partial charge in [-0.1, -0.05) is 6.92 Å². The number of nitro groups is 1. The lowest BCUT2D eigenvalue weighted by Gasteiger charge is -2.36. The highest BCUT2D eigenvalue weighted by atomic mass is 16.6. The molecule has 1 fully saturated rings. The third-order valence-electron chi connectivity index (χ3n) is 4.13. The molecule has 1 aliphatic rings. The molecule has 0 radical (unpaired) electrons. The normalized spacial score (nSPS) is 16.9. The van der Waals surface area contributed by atoms with Crippen LogP contribution in [0.4, 0.5) is 17.5 Å². The van der Waals surface area contributed by atoms with E-state index in [0.29, 0.717) is 11.5 Å². The first kappa shape index (κ1) is 15.4. The second kappa shape index (κ2) is 6.21. The number of nitrogens with two attached hydrogens (primary N) is 1. The van der Waals surface area contributed by atoms with E-state index in [0.717, 1.165) is 32.5 Å². The van der Waals surface area contributed by atoms with E-state index >= 15 is 0 Å². The van der Waals surface area contributed by atoms with Crippen molar-refractivity contribution in [3.8, 4) is 0 Å². The van der Waals surface area contributed by atoms with Crippen molar-refractivity contribution < 1.29 is 4.92 Å². The van der Waals surface area contributed by atoms with Crippen molar-refractivity contribution in [3.05, 3.63) is 15.8 Å². The van der Waals surface area contributed by atoms with E-state index in [9.17, 15) is 10.1 Å². The van der Waals surface area contributed by atoms with Crippen LogP contribution in [0.25, 0.3) is 0 Å². The van der Waals surface area contributed by atoms with Crippen LogP contribution in [0.1, 0.15) is 25.5 Å². The number of anilines is 2. The maximum Gasteiger partial charge on any atom is 0.332 e. The van der Waals surface area contributed by atoms with Crippen LogP contribution in [0.2, 0.25) is 0 Å². The van der Waals surface area contributed by atoms with Crippen LogP contribution in [0.5, 0.6) is 0 Å². The Kier molecular flexibility index (Phi) is 4.56. The summed E-state index contributed by atoms with van der Waals surface area (Å²) >= 11 is 0. The van der Waals surface area contributed by atoms with Crippen molar-refractivity contribution in [2.75, 3.05) is 37.3 Å². The largest absolute Gasteiger partial charge is 0.368 e. The van der Waals surface area contributed by atoms with E-state index in [1.54, 1.807) is 6.92 Å². The monoisotopic (exact) mass is 294 g/mol. The molecule has 2 rings (SSSR count). The fourth-order valence-electron chi connectivity index (χ4n) is 2.83. The van der Waals surface area contributed by atoms with Gasteiger partial charge in [-0.05, 0) is 26.3 Å². The van der Waals surface area contributed by atoms with Gasteiger partial charge in [-0.25, -0.2) is 4.98 Å². The second-order valence-corrected chi connectivity index (χ2v) is 5.37. The predicted molar refractivity (Wildman–Crippen MR) is 81.4 cm³/mol. The lowest BCUT2D eigenvalue weighted by molar-refractivity contribution is -0.385. The molecule has 0 amide bonds. The van der Waals surface area contributed by atoms with Crippen molar-refractivity contribution in [1.29, 1.82) is 0 Å². The molecule has 0 aromatic carbocycles. The van der Waals surface area contributed by atoms with Gasteiger partial charge in [0.2, 0.25) is 11.8 Å². The maximum absolute atomic E-state index is 11.3. The van der Waals surface area contributed by atoms with Gasteiger partial charge in [0.15, 0.2) is 0 Å². The van der Waals surface area contributed by atoms with Crippen LogP contribution in [-0.2, 0) is 0 Å². The van der Waals surface area contributed by atoms with Crippen LogP contribution in [-0.4, -0.2) is 52.5 Å². The first-order valence-corrected chi connectivity index (χ1v) is 7.17. The van der Waals surface area contributed by atoms with Crippen LogP contribution < -0.4 is 10.6 Å². The third kappa shape index (κ3) is 3.21. The van der Waals surface area contributed by atoms with E-state index < -0.39 is 4.92 Å². The van der Waals surface area contributed by atoms with Gasteiger partial charge in [0, 0.05) is 26.2 Å². The van der Waals surface area contributed by atoms with Crippen molar-refractivity contribution in [2.24, 2.45) is 0 Å². The summed E-state index contributed by atoms with van der Waals surface area (Å²) in [6.45, 7) is 6.77. The predicted octanol–water partition coefficient (Wildman–Crippen LogP) is 1.20. The van der Waals surface area contributed by atoms with Crippen LogP contribution in [0.15, 0.2) is 0 Å². The molecule has 2 N–H and O–H groups in total. The number of likely N-dealkylation sites (tertiary alicyclic amines) is 1. The Balaban J connectivity index is 2.27. The topological polar surface area (TPSA) is 101 Å². The van der Waals surface area contributed by atoms with Crippen molar-refractivity contribution in [2.45, 2.75) is 32.7 Å². The minimum absolute atomic E-state index is 0.0513. The number of hydrogen-bond donors (Lipinski definition) is 1. The van der Waals surface area contributed by atoms with Crippen molar-refractivity contribution >= 4 is 17.5 Å². The molecule has 1 aromatic rings. The summed E-state index contributed by atoms with van der Waals surface area (Å²) in [6.07, 6.45) is 1.93. The highest BCUT2D eigenvalue weighted by Gasteiger charge is 2.29. The average molecular weight is 294 g/mol. The zero-order valence-electron chi connectivity index (χ0n) is 12.7. The molecule has 8 heteroatoms. The summed E-state index contributed by atoms with van der Waals surface area (Å²) in [5.74, 6) is 0.394. The smallest absolute Gasteiger partial charge is 0.332 e. The Bertz CT molecular complexity index is 528. The molecule has 0 bridgehead atoms. The molecular formula is C13H22N6O2. The Morgan fingerprint density at radius 2 is 2.05 bits per heavy atom. The molecule has 8 nitrogen and oxygen atoms in total. The van der Waals surface area contributed by atoms with Crippen molar-refractivity contribution in [1.82, 2.24) is 14.9 Å². The number of aromatic nitrogens is 2. The number of nitrogens with zero attached hydrogens (tertiary/aromatic N) is 5. The van der Waals surface area contributed by atoms with E-state index in [1.165, 1.54) is 0 Å². The average Bonchev–Trinajstić information content (AvgIpc) is 2.45. The Morgan fingerprint density at radius 1 is 1.43 bits per heavy atom. The number of aryl methyl sites for hydroxylation is 1. The standard InChI is InChI=1S/C13H22N6O2/c1-4-18-7-5-10(6-8-18)17(3)12-11(19(20)21)9(2)15-13(14)16-12/h10H,4-8H2,1-3H3,(H2,14,15,16). The molecule has 21 heavy (non-hydrogen) atoms. The molecule has 0 spiro atoms. The van der Waals surface area contributed by atoms with E-state index in [-0.39, 0.29) is 17.7 Å². The lowest BCUT2D eigenvalue weighted by atomic mass is 10.0. The number of rotatable bonds is 4. The summed E-state index contributed by atoms with van der Waals surface area (Å²) in [6, 6.07) is 0.236. The second-order valence-electron chi connectivity index (χ2n) is 5.37. The third-order valence-corrected chi connectivity index (χ3v) is 4.13. The molecule has 2 heterocycles. The highest BCUT2D eigenvalue weighted by molar-refractivity contribution is 5.62. The zero-order valence-corrected chi connectivity index (χ0v) is 12.7. The van der Waals surface area contributed by atoms with Gasteiger partial charge in [0.05, 0.1) is 4.92 Å². The fourth-order valence-corrected chi connectivity index (χ4v) is 2.83. The van der Waals surface area contributed by atoms with Gasteiger partial charge in [-0.2, -0.15) is 4.98 Å². The summed E-state index contributed by atoms with van der Waals surface area (Å²) in [5, 5.41) is 11.3. The zero-order chi connectivity index (χ0) is 15.6. The number of hydrogen-bond acceptors (Lipinski definition) is 7. The Hall–Kier alpha value is -1.96. The molecule has 1 saturated heterocycles. The maximum atomic E-state index is 11.3. The summed E-state index contributed by atoms with van der Waals surface area (Å²) < 4.78 is 0. The molecule has 0 saturated carbocycles. The first-order chi connectivity index (χ1) is 9.93. The fraction of sp³-hybridized carbons (Fsp3) is 0.692. The molecule has 116 valence electrons. The van der Waals surface area contributed by atoms with E-state index in [1.807, 2.05) is 11.9 Å². The molecule has 0 atom stereocenters. The van der Waals surface area contributed by atoms with Gasteiger partial charge in [-0.3, -0.25) is 10.1 Å². The quantitative estimate of drug-likeness (QED) is 0.657. The van der Waals surface area contributed by atoms with Gasteiger partial charge >= 0.3 is 5.69 Å². The summed E-state index contributed by atoms with van der Waals surface area (Å²) in [4.78, 5) is 23.1. The SMILES string of the molecule is CCN1CCC(N(C)c2nc(N)nc(C)c2[N+](=O)[O-])CC1. The van der Waals surface area contributed by atoms with E-state index in [4.69, 9.17) is 5.73 Å². The van der Waals surface area contributed by atoms with Gasteiger partial charge in [-0.15, -0.1) is 0 Å². The minimum Gasteiger partial charge on any atom is -0.368 e. The molecular weight excluding hydrogens is 272 g/mol. The molecule has 1 aliphatic heterocycles. The van der Waals surface area contributed by atoms with Gasteiger partial charge < -0.3 is 15.5 Å². The van der Waals surface area contributed by atoms with Crippen LogP contribution in [0.3, 0.4) is 0 Å².